The summed E-state index contributed by atoms with van der Waals surface area (Å²) in [6.45, 7) is 2.21. The van der Waals surface area contributed by atoms with E-state index in [0.29, 0.717) is 5.92 Å². The number of nitrogens with zero attached hydrogens (tertiary/aromatic N) is 1. The van der Waals surface area contributed by atoms with E-state index in [-0.39, 0.29) is 0 Å². The average Bonchev–Trinajstić information content (AvgIpc) is 3.11. The normalized spacial score (nSPS) is 24.7. The summed E-state index contributed by atoms with van der Waals surface area (Å²) in [5, 5.41) is 12.8. The maximum atomic E-state index is 10.7. The van der Waals surface area contributed by atoms with Crippen molar-refractivity contribution in [1.82, 2.24) is 4.98 Å². The molecule has 1 aliphatic rings. The minimum absolute atomic E-state index is 0.414. The Morgan fingerprint density at radius 2 is 2.04 bits per heavy atom. The van der Waals surface area contributed by atoms with Crippen LogP contribution in [0, 0.1) is 0 Å². The summed E-state index contributed by atoms with van der Waals surface area (Å²) in [7, 11) is 0. The first-order valence-electron chi connectivity index (χ1n) is 8.92. The fraction of sp³-hybridized carbons (Fsp3) is 0.550. The van der Waals surface area contributed by atoms with Crippen LogP contribution in [0.3, 0.4) is 0 Å². The van der Waals surface area contributed by atoms with Crippen LogP contribution in [-0.4, -0.2) is 15.7 Å². The molecule has 2 aromatic rings. The van der Waals surface area contributed by atoms with Crippen LogP contribution in [0.25, 0.3) is 10.4 Å². The van der Waals surface area contributed by atoms with Gasteiger partial charge in [0.05, 0.1) is 5.60 Å². The van der Waals surface area contributed by atoms with Crippen LogP contribution in [-0.2, 0) is 0 Å². The zero-order chi connectivity index (χ0) is 16.1. The third-order valence-corrected chi connectivity index (χ3v) is 6.09. The molecule has 23 heavy (non-hydrogen) atoms. The number of hydrogen-bond donors (Lipinski definition) is 1. The molecule has 1 saturated carbocycles. The summed E-state index contributed by atoms with van der Waals surface area (Å²) in [4.78, 5) is 5.98. The fourth-order valence-corrected chi connectivity index (χ4v) is 4.36. The molecule has 2 nitrogen and oxygen atoms in total. The SMILES string of the molecule is CCCCC[C@]1(O)CC[C@H](c2ccc(-c3cccs3)cn2)CC1. The molecule has 0 radical (unpaired) electrons. The Labute approximate surface area is 143 Å². The number of thiophene rings is 1. The second kappa shape index (κ2) is 7.59. The van der Waals surface area contributed by atoms with E-state index >= 15 is 0 Å². The number of pyridine rings is 1. The molecule has 1 aliphatic carbocycles. The molecule has 1 fully saturated rings. The van der Waals surface area contributed by atoms with Gasteiger partial charge >= 0.3 is 0 Å². The molecule has 0 unspecified atom stereocenters. The van der Waals surface area contributed by atoms with Gasteiger partial charge in [-0.25, -0.2) is 0 Å². The molecule has 2 heterocycles. The quantitative estimate of drug-likeness (QED) is 0.681. The minimum Gasteiger partial charge on any atom is -0.390 e. The Kier molecular flexibility index (Phi) is 5.50. The molecular weight excluding hydrogens is 302 g/mol. The number of unbranched alkanes of at least 4 members (excludes halogenated alkanes) is 2. The van der Waals surface area contributed by atoms with Crippen molar-refractivity contribution < 1.29 is 5.11 Å². The smallest absolute Gasteiger partial charge is 0.0648 e. The van der Waals surface area contributed by atoms with E-state index in [1.54, 1.807) is 11.3 Å². The Morgan fingerprint density at radius 3 is 2.65 bits per heavy atom. The van der Waals surface area contributed by atoms with Gasteiger partial charge in [0.15, 0.2) is 0 Å². The second-order valence-corrected chi connectivity index (χ2v) is 7.85. The lowest BCUT2D eigenvalue weighted by atomic mass is 9.75. The lowest BCUT2D eigenvalue weighted by Gasteiger charge is -2.36. The zero-order valence-electron chi connectivity index (χ0n) is 14.0. The molecule has 0 saturated heterocycles. The standard InChI is InChI=1S/C20H27NOS/c1-2-3-4-11-20(22)12-9-16(10-13-20)18-8-7-17(15-21-18)19-6-5-14-23-19/h5-8,14-16,22H,2-4,9-13H2,1H3/t16-,20-. The summed E-state index contributed by atoms with van der Waals surface area (Å²) in [5.41, 5.74) is 1.99. The topological polar surface area (TPSA) is 33.1 Å². The van der Waals surface area contributed by atoms with E-state index in [1.165, 1.54) is 29.0 Å². The van der Waals surface area contributed by atoms with Gasteiger partial charge in [-0.15, -0.1) is 11.3 Å². The second-order valence-electron chi connectivity index (χ2n) is 6.90. The van der Waals surface area contributed by atoms with Gasteiger partial charge in [0.1, 0.15) is 0 Å². The van der Waals surface area contributed by atoms with Gasteiger partial charge in [0.2, 0.25) is 0 Å². The van der Waals surface area contributed by atoms with Crippen molar-refractivity contribution in [3.05, 3.63) is 41.5 Å². The lowest BCUT2D eigenvalue weighted by molar-refractivity contribution is -0.0107. The molecule has 3 heteroatoms. The van der Waals surface area contributed by atoms with Crippen molar-refractivity contribution >= 4 is 11.3 Å². The van der Waals surface area contributed by atoms with Crippen molar-refractivity contribution in [2.24, 2.45) is 0 Å². The zero-order valence-corrected chi connectivity index (χ0v) is 14.8. The van der Waals surface area contributed by atoms with Crippen molar-refractivity contribution in [3.63, 3.8) is 0 Å². The first-order valence-corrected chi connectivity index (χ1v) is 9.80. The molecule has 124 valence electrons. The molecule has 0 atom stereocenters. The van der Waals surface area contributed by atoms with Crippen molar-refractivity contribution in [3.8, 4) is 10.4 Å². The highest BCUT2D eigenvalue weighted by molar-refractivity contribution is 7.13. The fourth-order valence-electron chi connectivity index (χ4n) is 3.64. The van der Waals surface area contributed by atoms with Gasteiger partial charge in [0.25, 0.3) is 0 Å². The Morgan fingerprint density at radius 1 is 1.22 bits per heavy atom. The molecular formula is C20H27NOS. The van der Waals surface area contributed by atoms with Crippen molar-refractivity contribution in [2.75, 3.05) is 0 Å². The summed E-state index contributed by atoms with van der Waals surface area (Å²) < 4.78 is 0. The number of aromatic nitrogens is 1. The van der Waals surface area contributed by atoms with Crippen molar-refractivity contribution in [1.29, 1.82) is 0 Å². The van der Waals surface area contributed by atoms with E-state index in [1.807, 2.05) is 6.20 Å². The van der Waals surface area contributed by atoms with E-state index < -0.39 is 5.60 Å². The number of rotatable bonds is 6. The molecule has 0 aliphatic heterocycles. The van der Waals surface area contributed by atoms with Gasteiger partial charge in [-0.05, 0) is 49.6 Å². The summed E-state index contributed by atoms with van der Waals surface area (Å²) in [5.74, 6) is 0.513. The van der Waals surface area contributed by atoms with Crippen LogP contribution in [0.5, 0.6) is 0 Å². The molecule has 3 rings (SSSR count). The first-order chi connectivity index (χ1) is 11.2. The van der Waals surface area contributed by atoms with Gasteiger partial charge in [-0.2, -0.15) is 0 Å². The van der Waals surface area contributed by atoms with Gasteiger partial charge in [0, 0.05) is 28.2 Å². The highest BCUT2D eigenvalue weighted by atomic mass is 32.1. The van der Waals surface area contributed by atoms with E-state index in [9.17, 15) is 5.11 Å². The summed E-state index contributed by atoms with van der Waals surface area (Å²) >= 11 is 1.75. The lowest BCUT2D eigenvalue weighted by Crippen LogP contribution is -2.33. The van der Waals surface area contributed by atoms with Gasteiger partial charge < -0.3 is 5.11 Å². The number of hydrogen-bond acceptors (Lipinski definition) is 3. The predicted molar refractivity (Wildman–Crippen MR) is 97.9 cm³/mol. The van der Waals surface area contributed by atoms with E-state index in [4.69, 9.17) is 4.98 Å². The van der Waals surface area contributed by atoms with Crippen LogP contribution < -0.4 is 0 Å². The first kappa shape index (κ1) is 16.7. The maximum absolute atomic E-state index is 10.7. The van der Waals surface area contributed by atoms with E-state index in [0.717, 1.165) is 38.5 Å². The Balaban J connectivity index is 1.57. The molecule has 2 aromatic heterocycles. The Bertz CT molecular complexity index is 583. The Hall–Kier alpha value is -1.19. The average molecular weight is 330 g/mol. The highest BCUT2D eigenvalue weighted by Gasteiger charge is 2.33. The summed E-state index contributed by atoms with van der Waals surface area (Å²) in [6, 6.07) is 8.59. The maximum Gasteiger partial charge on any atom is 0.0648 e. The molecule has 0 aromatic carbocycles. The summed E-state index contributed by atoms with van der Waals surface area (Å²) in [6.07, 6.45) is 10.6. The van der Waals surface area contributed by atoms with Gasteiger partial charge in [-0.1, -0.05) is 38.3 Å². The molecule has 0 spiro atoms. The monoisotopic (exact) mass is 329 g/mol. The third-order valence-electron chi connectivity index (χ3n) is 5.17. The molecule has 1 N–H and O–H groups in total. The largest absolute Gasteiger partial charge is 0.390 e. The van der Waals surface area contributed by atoms with Crippen molar-refractivity contribution in [2.45, 2.75) is 69.8 Å². The van der Waals surface area contributed by atoms with Crippen LogP contribution in [0.2, 0.25) is 0 Å². The van der Waals surface area contributed by atoms with Crippen LogP contribution >= 0.6 is 11.3 Å². The molecule has 0 bridgehead atoms. The van der Waals surface area contributed by atoms with Crippen LogP contribution in [0.1, 0.15) is 69.9 Å². The number of aliphatic hydroxyl groups is 1. The van der Waals surface area contributed by atoms with Crippen LogP contribution in [0.15, 0.2) is 35.8 Å². The highest BCUT2D eigenvalue weighted by Crippen LogP contribution is 2.40. The molecule has 0 amide bonds. The van der Waals surface area contributed by atoms with Gasteiger partial charge in [-0.3, -0.25) is 4.98 Å². The predicted octanol–water partition coefficient (Wildman–Crippen LogP) is 5.78. The van der Waals surface area contributed by atoms with Crippen LogP contribution in [0.4, 0.5) is 0 Å². The minimum atomic E-state index is -0.414. The third kappa shape index (κ3) is 4.21. The van der Waals surface area contributed by atoms with E-state index in [2.05, 4.69) is 36.6 Å².